The second-order valence-electron chi connectivity index (χ2n) is 0.767. The van der Waals surface area contributed by atoms with E-state index in [-0.39, 0.29) is 11.7 Å². The molecule has 0 aliphatic carbocycles. The van der Waals surface area contributed by atoms with Gasteiger partial charge in [-0.3, -0.25) is 4.79 Å². The molecule has 0 saturated carbocycles. The van der Waals surface area contributed by atoms with E-state index in [2.05, 4.69) is 0 Å². The number of hydrogen-bond donors (Lipinski definition) is 1. The van der Waals surface area contributed by atoms with Gasteiger partial charge in [-0.05, 0) is 0 Å². The van der Waals surface area contributed by atoms with Crippen LogP contribution in [0.25, 0.3) is 0 Å². The molecule has 3 heteroatoms. The standard InChI is InChI=1S/C3H5ClNO/c4-1-3(6)2-5/h2H,1,5H2. The summed E-state index contributed by atoms with van der Waals surface area (Å²) in [5, 5.41) is 0. The first-order valence-electron chi connectivity index (χ1n) is 1.45. The Bertz CT molecular complexity index is 48.8. The lowest BCUT2D eigenvalue weighted by atomic mass is 10.5. The molecule has 0 aromatic heterocycles. The first kappa shape index (κ1) is 5.92. The molecular weight excluding hydrogens is 101 g/mol. The number of rotatable bonds is 2. The molecule has 0 amide bonds. The zero-order valence-electron chi connectivity index (χ0n) is 3.15. The smallest absolute Gasteiger partial charge is 0.166 e. The van der Waals surface area contributed by atoms with Crippen LogP contribution in [0.4, 0.5) is 0 Å². The van der Waals surface area contributed by atoms with Crippen LogP contribution in [-0.2, 0) is 4.79 Å². The van der Waals surface area contributed by atoms with Crippen molar-refractivity contribution in [1.82, 2.24) is 0 Å². The minimum absolute atomic E-state index is 0.0174. The molecule has 0 aliphatic rings. The molecule has 0 rings (SSSR count). The molecule has 0 heterocycles. The van der Waals surface area contributed by atoms with Crippen LogP contribution in [0.1, 0.15) is 0 Å². The van der Waals surface area contributed by atoms with E-state index in [1.54, 1.807) is 0 Å². The summed E-state index contributed by atoms with van der Waals surface area (Å²) in [6.07, 6.45) is 0. The molecule has 0 aliphatic heterocycles. The molecule has 0 saturated heterocycles. The summed E-state index contributed by atoms with van der Waals surface area (Å²) >= 11 is 4.99. The zero-order valence-corrected chi connectivity index (χ0v) is 3.90. The fraction of sp³-hybridized carbons (Fsp3) is 0.333. The second kappa shape index (κ2) is 3.12. The summed E-state index contributed by atoms with van der Waals surface area (Å²) in [5.74, 6) is -0.257. The van der Waals surface area contributed by atoms with Gasteiger partial charge in [0.1, 0.15) is 0 Å². The number of halogens is 1. The topological polar surface area (TPSA) is 43.1 Å². The monoisotopic (exact) mass is 106 g/mol. The lowest BCUT2D eigenvalue weighted by Gasteiger charge is -1.79. The Labute approximate surface area is 41.3 Å². The van der Waals surface area contributed by atoms with Gasteiger partial charge in [-0.15, -0.1) is 11.6 Å². The summed E-state index contributed by atoms with van der Waals surface area (Å²) in [6.45, 7) is 0.951. The average molecular weight is 107 g/mol. The molecule has 0 bridgehead atoms. The predicted octanol–water partition coefficient (Wildman–Crippen LogP) is -0.0852. The highest BCUT2D eigenvalue weighted by Crippen LogP contribution is 1.75. The van der Waals surface area contributed by atoms with Crippen molar-refractivity contribution in [1.29, 1.82) is 0 Å². The summed E-state index contributed by atoms with van der Waals surface area (Å²) in [6, 6.07) is 0. The van der Waals surface area contributed by atoms with Gasteiger partial charge in [-0.1, -0.05) is 0 Å². The van der Waals surface area contributed by atoms with Gasteiger partial charge in [0.2, 0.25) is 0 Å². The summed E-state index contributed by atoms with van der Waals surface area (Å²) < 4.78 is 0. The molecule has 6 heavy (non-hydrogen) atoms. The maximum Gasteiger partial charge on any atom is 0.166 e. The van der Waals surface area contributed by atoms with Crippen molar-refractivity contribution in [2.75, 3.05) is 5.88 Å². The van der Waals surface area contributed by atoms with E-state index in [9.17, 15) is 4.79 Å². The summed E-state index contributed by atoms with van der Waals surface area (Å²) in [5.41, 5.74) is 4.72. The minimum Gasteiger partial charge on any atom is -0.320 e. The quantitative estimate of drug-likeness (QED) is 0.500. The van der Waals surface area contributed by atoms with Crippen LogP contribution >= 0.6 is 11.6 Å². The van der Waals surface area contributed by atoms with Crippen molar-refractivity contribution in [3.63, 3.8) is 0 Å². The molecule has 2 N–H and O–H groups in total. The summed E-state index contributed by atoms with van der Waals surface area (Å²) in [4.78, 5) is 9.87. The molecule has 0 fully saturated rings. The number of carbonyl (C=O) groups excluding carboxylic acids is 1. The van der Waals surface area contributed by atoms with Crippen molar-refractivity contribution in [3.8, 4) is 0 Å². The highest BCUT2D eigenvalue weighted by atomic mass is 35.5. The number of Topliss-reactive ketones (excluding diaryl/α,β-unsaturated/α-hetero) is 1. The molecule has 0 spiro atoms. The average Bonchev–Trinajstić information content (AvgIpc) is 1.65. The van der Waals surface area contributed by atoms with E-state index >= 15 is 0 Å². The first-order valence-corrected chi connectivity index (χ1v) is 1.98. The highest BCUT2D eigenvalue weighted by Gasteiger charge is 1.90. The normalized spacial score (nSPS) is 8.33. The van der Waals surface area contributed by atoms with Crippen molar-refractivity contribution in [2.45, 2.75) is 0 Å². The molecule has 0 atom stereocenters. The molecule has 2 nitrogen and oxygen atoms in total. The fourth-order valence-corrected chi connectivity index (χ4v) is 0.134. The predicted molar refractivity (Wildman–Crippen MR) is 24.2 cm³/mol. The van der Waals surface area contributed by atoms with Crippen LogP contribution in [0.5, 0.6) is 0 Å². The number of alkyl halides is 1. The second-order valence-corrected chi connectivity index (χ2v) is 1.03. The summed E-state index contributed by atoms with van der Waals surface area (Å²) in [7, 11) is 0. The van der Waals surface area contributed by atoms with Crippen molar-refractivity contribution < 1.29 is 4.79 Å². The van der Waals surface area contributed by atoms with Gasteiger partial charge in [0.15, 0.2) is 5.78 Å². The number of ketones is 1. The first-order chi connectivity index (χ1) is 2.81. The molecule has 1 radical (unpaired) electrons. The lowest BCUT2D eigenvalue weighted by molar-refractivity contribution is -0.113. The van der Waals surface area contributed by atoms with Gasteiger partial charge in [0.05, 0.1) is 12.4 Å². The van der Waals surface area contributed by atoms with E-state index in [0.29, 0.717) is 0 Å². The third kappa shape index (κ3) is 2.18. The van der Waals surface area contributed by atoms with E-state index in [1.165, 1.54) is 0 Å². The van der Waals surface area contributed by atoms with Crippen LogP contribution in [0, 0.1) is 6.54 Å². The number of carbonyl (C=O) groups is 1. The number of nitrogens with two attached hydrogens (primary N) is 1. The molecule has 0 aromatic carbocycles. The highest BCUT2D eigenvalue weighted by molar-refractivity contribution is 6.28. The van der Waals surface area contributed by atoms with Gasteiger partial charge in [-0.2, -0.15) is 0 Å². The Morgan fingerprint density at radius 2 is 2.50 bits per heavy atom. The SMILES string of the molecule is N[CH]C(=O)CCl. The molecule has 0 aromatic rings. The number of hydrogen-bond acceptors (Lipinski definition) is 2. The Balaban J connectivity index is 2.99. The van der Waals surface area contributed by atoms with Gasteiger partial charge in [0.25, 0.3) is 0 Å². The van der Waals surface area contributed by atoms with E-state index in [0.717, 1.165) is 6.54 Å². The van der Waals surface area contributed by atoms with E-state index in [1.807, 2.05) is 0 Å². The Hall–Kier alpha value is -0.0800. The van der Waals surface area contributed by atoms with Crippen molar-refractivity contribution in [2.24, 2.45) is 5.73 Å². The maximum atomic E-state index is 9.87. The van der Waals surface area contributed by atoms with Crippen LogP contribution in [-0.4, -0.2) is 11.7 Å². The molecule has 0 unspecified atom stereocenters. The van der Waals surface area contributed by atoms with Gasteiger partial charge < -0.3 is 5.73 Å². The van der Waals surface area contributed by atoms with Crippen molar-refractivity contribution in [3.05, 3.63) is 6.54 Å². The van der Waals surface area contributed by atoms with Gasteiger partial charge in [-0.25, -0.2) is 0 Å². The van der Waals surface area contributed by atoms with Crippen LogP contribution in [0.3, 0.4) is 0 Å². The minimum atomic E-state index is -0.239. The largest absolute Gasteiger partial charge is 0.320 e. The lowest BCUT2D eigenvalue weighted by Crippen LogP contribution is -2.06. The van der Waals surface area contributed by atoms with Crippen molar-refractivity contribution >= 4 is 17.4 Å². The Morgan fingerprint density at radius 3 is 2.50 bits per heavy atom. The molecular formula is C3H5ClNO. The molecule has 35 valence electrons. The zero-order chi connectivity index (χ0) is 4.99. The third-order valence-electron chi connectivity index (χ3n) is 0.318. The van der Waals surface area contributed by atoms with E-state index < -0.39 is 0 Å². The van der Waals surface area contributed by atoms with Crippen LogP contribution < -0.4 is 5.73 Å². The Morgan fingerprint density at radius 1 is 2.00 bits per heavy atom. The van der Waals surface area contributed by atoms with Crippen LogP contribution in [0.15, 0.2) is 0 Å². The van der Waals surface area contributed by atoms with Gasteiger partial charge in [0, 0.05) is 0 Å². The fourth-order valence-electron chi connectivity index (χ4n) is 0.0445. The van der Waals surface area contributed by atoms with E-state index in [4.69, 9.17) is 17.3 Å². The van der Waals surface area contributed by atoms with Gasteiger partial charge >= 0.3 is 0 Å². The third-order valence-corrected chi connectivity index (χ3v) is 0.581. The van der Waals surface area contributed by atoms with Crippen LogP contribution in [0.2, 0.25) is 0 Å². The maximum absolute atomic E-state index is 9.87. The Kier molecular flexibility index (Phi) is 3.08.